The van der Waals surface area contributed by atoms with Gasteiger partial charge in [0.1, 0.15) is 10.9 Å². The number of hydrogen-bond donors (Lipinski definition) is 1. The van der Waals surface area contributed by atoms with Gasteiger partial charge in [0, 0.05) is 26.2 Å². The van der Waals surface area contributed by atoms with Crippen LogP contribution in [-0.4, -0.2) is 34.4 Å². The first-order valence-electron chi connectivity index (χ1n) is 5.74. The molecule has 0 fully saturated rings. The number of aromatic nitrogens is 2. The third-order valence-electron chi connectivity index (χ3n) is 2.87. The Morgan fingerprint density at radius 1 is 1.40 bits per heavy atom. The van der Waals surface area contributed by atoms with Gasteiger partial charge in [0.05, 0.1) is 6.33 Å². The fourth-order valence-electron chi connectivity index (χ4n) is 1.68. The van der Waals surface area contributed by atoms with E-state index >= 15 is 0 Å². The minimum Gasteiger partial charge on any atom is -0.508 e. The number of para-hydroxylation sites is 1. The molecule has 1 heterocycles. The van der Waals surface area contributed by atoms with E-state index in [9.17, 15) is 13.5 Å². The summed E-state index contributed by atoms with van der Waals surface area (Å²) in [6.07, 6.45) is 1.34. The molecule has 0 aliphatic heterocycles. The normalized spacial score (nSPS) is 12.0. The first-order valence-corrected chi connectivity index (χ1v) is 7.56. The van der Waals surface area contributed by atoms with E-state index in [1.807, 2.05) is 0 Å². The Morgan fingerprint density at radius 3 is 2.60 bits per heavy atom. The number of imidazole rings is 1. The minimum absolute atomic E-state index is 0.0297. The zero-order valence-corrected chi connectivity index (χ0v) is 12.6. The lowest BCUT2D eigenvalue weighted by Crippen LogP contribution is -2.27. The smallest absolute Gasteiger partial charge is 0.263 e. The van der Waals surface area contributed by atoms with Crippen molar-refractivity contribution >= 4 is 21.6 Å². The molecule has 0 spiro atoms. The topological polar surface area (TPSA) is 75.4 Å². The van der Waals surface area contributed by atoms with E-state index in [1.165, 1.54) is 24.0 Å². The third kappa shape index (κ3) is 2.65. The predicted octanol–water partition coefficient (Wildman–Crippen LogP) is 1.60. The SMILES string of the molecule is CN(Cc1ccccc1O)S(=O)(=O)c1ncn(C)c1Cl. The molecule has 108 valence electrons. The van der Waals surface area contributed by atoms with E-state index in [0.717, 1.165) is 4.31 Å². The Labute approximate surface area is 122 Å². The van der Waals surface area contributed by atoms with Crippen LogP contribution in [0, 0.1) is 0 Å². The summed E-state index contributed by atoms with van der Waals surface area (Å²) in [5.41, 5.74) is 0.505. The van der Waals surface area contributed by atoms with E-state index in [4.69, 9.17) is 11.6 Å². The summed E-state index contributed by atoms with van der Waals surface area (Å²) in [7, 11) is -0.787. The third-order valence-corrected chi connectivity index (χ3v) is 5.17. The number of rotatable bonds is 4. The molecule has 2 aromatic rings. The molecular formula is C12H14ClN3O3S. The molecule has 0 aliphatic carbocycles. The van der Waals surface area contributed by atoms with Crippen LogP contribution in [0.2, 0.25) is 5.15 Å². The molecule has 0 atom stereocenters. The van der Waals surface area contributed by atoms with Gasteiger partial charge in [-0.2, -0.15) is 4.31 Å². The number of hydrogen-bond acceptors (Lipinski definition) is 4. The summed E-state index contributed by atoms with van der Waals surface area (Å²) in [6.45, 7) is 0.0297. The molecule has 2 rings (SSSR count). The Kier molecular flexibility index (Phi) is 4.03. The van der Waals surface area contributed by atoms with Crippen molar-refractivity contribution in [2.75, 3.05) is 7.05 Å². The number of nitrogens with zero attached hydrogens (tertiary/aromatic N) is 3. The molecule has 0 aliphatic rings. The van der Waals surface area contributed by atoms with E-state index in [2.05, 4.69) is 4.98 Å². The van der Waals surface area contributed by atoms with Gasteiger partial charge in [-0.05, 0) is 6.07 Å². The Balaban J connectivity index is 2.31. The van der Waals surface area contributed by atoms with Gasteiger partial charge in [-0.15, -0.1) is 0 Å². The van der Waals surface area contributed by atoms with E-state index in [1.54, 1.807) is 25.2 Å². The van der Waals surface area contributed by atoms with Crippen molar-refractivity contribution in [1.82, 2.24) is 13.9 Å². The predicted molar refractivity (Wildman–Crippen MR) is 75.0 cm³/mol. The van der Waals surface area contributed by atoms with Crippen LogP contribution in [-0.2, 0) is 23.6 Å². The fourth-order valence-corrected chi connectivity index (χ4v) is 3.21. The zero-order valence-electron chi connectivity index (χ0n) is 11.0. The maximum atomic E-state index is 12.4. The maximum Gasteiger partial charge on any atom is 0.263 e. The number of phenolic OH excluding ortho intramolecular Hbond substituents is 1. The van der Waals surface area contributed by atoms with Gasteiger partial charge >= 0.3 is 0 Å². The quantitative estimate of drug-likeness (QED) is 0.930. The number of sulfonamides is 1. The standard InChI is InChI=1S/C12H14ClN3O3S/c1-15-8-14-12(11(15)13)20(18,19)16(2)7-9-5-3-4-6-10(9)17/h3-6,8,17H,7H2,1-2H3. The highest BCUT2D eigenvalue weighted by Gasteiger charge is 2.27. The summed E-state index contributed by atoms with van der Waals surface area (Å²) in [4.78, 5) is 3.81. The summed E-state index contributed by atoms with van der Waals surface area (Å²) >= 11 is 5.92. The summed E-state index contributed by atoms with van der Waals surface area (Å²) in [5.74, 6) is 0.0432. The van der Waals surface area contributed by atoms with E-state index in [0.29, 0.717) is 5.56 Å². The van der Waals surface area contributed by atoms with Crippen LogP contribution in [0.15, 0.2) is 35.6 Å². The monoisotopic (exact) mass is 315 g/mol. The molecule has 0 saturated carbocycles. The zero-order chi connectivity index (χ0) is 14.9. The van der Waals surface area contributed by atoms with Crippen LogP contribution in [0.3, 0.4) is 0 Å². The Hall–Kier alpha value is -1.57. The highest BCUT2D eigenvalue weighted by atomic mass is 35.5. The lowest BCUT2D eigenvalue weighted by Gasteiger charge is -2.16. The van der Waals surface area contributed by atoms with Crippen LogP contribution in [0.4, 0.5) is 0 Å². The molecule has 6 nitrogen and oxygen atoms in total. The maximum absolute atomic E-state index is 12.4. The van der Waals surface area contributed by atoms with Crippen molar-refractivity contribution < 1.29 is 13.5 Å². The Morgan fingerprint density at radius 2 is 2.05 bits per heavy atom. The molecule has 0 amide bonds. The molecule has 1 aromatic carbocycles. The number of halogens is 1. The molecule has 0 unspecified atom stereocenters. The van der Waals surface area contributed by atoms with Crippen LogP contribution < -0.4 is 0 Å². The van der Waals surface area contributed by atoms with Gasteiger partial charge in [0.15, 0.2) is 0 Å². The second-order valence-corrected chi connectivity index (χ2v) is 6.66. The van der Waals surface area contributed by atoms with E-state index in [-0.39, 0.29) is 22.5 Å². The molecule has 1 aromatic heterocycles. The van der Waals surface area contributed by atoms with Gasteiger partial charge in [0.25, 0.3) is 10.0 Å². The van der Waals surface area contributed by atoms with Crippen molar-refractivity contribution in [3.05, 3.63) is 41.3 Å². The molecule has 0 bridgehead atoms. The van der Waals surface area contributed by atoms with Crippen LogP contribution in [0.1, 0.15) is 5.56 Å². The first kappa shape index (κ1) is 14.8. The fraction of sp³-hybridized carbons (Fsp3) is 0.250. The van der Waals surface area contributed by atoms with Crippen LogP contribution >= 0.6 is 11.6 Å². The van der Waals surface area contributed by atoms with Gasteiger partial charge in [0.2, 0.25) is 5.03 Å². The highest BCUT2D eigenvalue weighted by Crippen LogP contribution is 2.24. The highest BCUT2D eigenvalue weighted by molar-refractivity contribution is 7.89. The summed E-state index contributed by atoms with van der Waals surface area (Å²) < 4.78 is 27.2. The number of aryl methyl sites for hydroxylation is 1. The average molecular weight is 316 g/mol. The van der Waals surface area contributed by atoms with E-state index < -0.39 is 10.0 Å². The van der Waals surface area contributed by atoms with Gasteiger partial charge in [-0.3, -0.25) is 0 Å². The summed E-state index contributed by atoms with van der Waals surface area (Å²) in [5, 5.41) is 9.54. The molecule has 0 radical (unpaired) electrons. The summed E-state index contributed by atoms with van der Waals surface area (Å²) in [6, 6.07) is 6.55. The van der Waals surface area contributed by atoms with Crippen molar-refractivity contribution in [3.63, 3.8) is 0 Å². The molecule has 0 saturated heterocycles. The number of phenols is 1. The second-order valence-electron chi connectivity index (χ2n) is 4.34. The van der Waals surface area contributed by atoms with Crippen LogP contribution in [0.5, 0.6) is 5.75 Å². The van der Waals surface area contributed by atoms with Crippen molar-refractivity contribution in [3.8, 4) is 5.75 Å². The van der Waals surface area contributed by atoms with Crippen LogP contribution in [0.25, 0.3) is 0 Å². The molecule has 8 heteroatoms. The lowest BCUT2D eigenvalue weighted by atomic mass is 10.2. The van der Waals surface area contributed by atoms with Gasteiger partial charge < -0.3 is 9.67 Å². The molecule has 1 N–H and O–H groups in total. The average Bonchev–Trinajstić information content (AvgIpc) is 2.73. The second kappa shape index (κ2) is 5.43. The number of benzene rings is 1. The number of aromatic hydroxyl groups is 1. The van der Waals surface area contributed by atoms with Gasteiger partial charge in [-0.25, -0.2) is 13.4 Å². The lowest BCUT2D eigenvalue weighted by molar-refractivity contribution is 0.434. The van der Waals surface area contributed by atoms with Crippen molar-refractivity contribution in [2.45, 2.75) is 11.6 Å². The minimum atomic E-state index is -3.81. The molecule has 20 heavy (non-hydrogen) atoms. The largest absolute Gasteiger partial charge is 0.508 e. The molecular weight excluding hydrogens is 302 g/mol. The van der Waals surface area contributed by atoms with Crippen molar-refractivity contribution in [2.24, 2.45) is 7.05 Å². The van der Waals surface area contributed by atoms with Gasteiger partial charge in [-0.1, -0.05) is 29.8 Å². The van der Waals surface area contributed by atoms with Crippen molar-refractivity contribution in [1.29, 1.82) is 0 Å². The first-order chi connectivity index (χ1) is 9.34. The Bertz CT molecular complexity index is 727.